The number of aryl methyl sites for hydroxylation is 2. The van der Waals surface area contributed by atoms with E-state index in [4.69, 9.17) is 5.73 Å². The molecule has 26 heavy (non-hydrogen) atoms. The molecule has 4 rings (SSSR count). The summed E-state index contributed by atoms with van der Waals surface area (Å²) in [6, 6.07) is 5.91. The highest BCUT2D eigenvalue weighted by Crippen LogP contribution is 2.38. The van der Waals surface area contributed by atoms with Gasteiger partial charge in [0.15, 0.2) is 0 Å². The number of hydrogen-bond donors (Lipinski definition) is 2. The molecule has 0 bridgehead atoms. The van der Waals surface area contributed by atoms with E-state index in [9.17, 15) is 9.59 Å². The van der Waals surface area contributed by atoms with Gasteiger partial charge in [-0.3, -0.25) is 14.6 Å². The average molecular weight is 365 g/mol. The van der Waals surface area contributed by atoms with Crippen molar-refractivity contribution < 1.29 is 9.59 Å². The molecule has 6 heteroatoms. The Morgan fingerprint density at radius 2 is 2.00 bits per heavy atom. The first kappa shape index (κ1) is 16.7. The highest BCUT2D eigenvalue weighted by atomic mass is 32.1. The number of pyridine rings is 1. The van der Waals surface area contributed by atoms with Crippen molar-refractivity contribution in [3.05, 3.63) is 57.7 Å². The smallest absolute Gasteiger partial charge is 0.258 e. The molecule has 0 fully saturated rings. The number of carbonyl (C=O) groups excluding carboxylic acids is 2. The van der Waals surface area contributed by atoms with Gasteiger partial charge in [0, 0.05) is 22.7 Å². The van der Waals surface area contributed by atoms with Crippen molar-refractivity contribution in [3.8, 4) is 0 Å². The third-order valence-electron chi connectivity index (χ3n) is 4.81. The first-order valence-corrected chi connectivity index (χ1v) is 9.46. The van der Waals surface area contributed by atoms with Crippen molar-refractivity contribution >= 4 is 38.9 Å². The van der Waals surface area contributed by atoms with Crippen LogP contribution in [0.5, 0.6) is 0 Å². The van der Waals surface area contributed by atoms with Crippen molar-refractivity contribution in [2.75, 3.05) is 5.32 Å². The number of benzene rings is 1. The van der Waals surface area contributed by atoms with Gasteiger partial charge in [0.05, 0.1) is 11.1 Å². The molecule has 0 radical (unpaired) electrons. The van der Waals surface area contributed by atoms with Crippen LogP contribution in [0.3, 0.4) is 0 Å². The number of anilines is 1. The van der Waals surface area contributed by atoms with E-state index in [0.29, 0.717) is 16.1 Å². The highest BCUT2D eigenvalue weighted by molar-refractivity contribution is 7.17. The Labute approximate surface area is 155 Å². The molecule has 1 aliphatic rings. The van der Waals surface area contributed by atoms with Crippen molar-refractivity contribution in [2.45, 2.75) is 32.6 Å². The zero-order valence-corrected chi connectivity index (χ0v) is 15.3. The molecule has 3 aromatic rings. The van der Waals surface area contributed by atoms with Crippen LogP contribution in [0.15, 0.2) is 30.6 Å². The molecule has 1 aromatic carbocycles. The van der Waals surface area contributed by atoms with E-state index in [1.165, 1.54) is 11.3 Å². The van der Waals surface area contributed by atoms with Gasteiger partial charge in [0.2, 0.25) is 0 Å². The van der Waals surface area contributed by atoms with E-state index in [0.717, 1.165) is 52.5 Å². The second kappa shape index (κ2) is 6.53. The molecular formula is C20H19N3O2S. The number of carbonyl (C=O) groups is 2. The van der Waals surface area contributed by atoms with Crippen LogP contribution in [0.25, 0.3) is 10.8 Å². The van der Waals surface area contributed by atoms with Gasteiger partial charge >= 0.3 is 0 Å². The van der Waals surface area contributed by atoms with Gasteiger partial charge in [-0.15, -0.1) is 11.3 Å². The molecule has 0 spiro atoms. The van der Waals surface area contributed by atoms with Gasteiger partial charge < -0.3 is 11.1 Å². The van der Waals surface area contributed by atoms with Crippen LogP contribution >= 0.6 is 11.3 Å². The number of hydrogen-bond acceptors (Lipinski definition) is 4. The van der Waals surface area contributed by atoms with E-state index in [-0.39, 0.29) is 5.91 Å². The number of fused-ring (bicyclic) bond motifs is 2. The van der Waals surface area contributed by atoms with Crippen LogP contribution in [-0.4, -0.2) is 16.8 Å². The number of primary amides is 1. The number of nitrogens with zero attached hydrogens (tertiary/aromatic N) is 1. The number of amides is 2. The predicted molar refractivity (Wildman–Crippen MR) is 104 cm³/mol. The van der Waals surface area contributed by atoms with Gasteiger partial charge in [0.1, 0.15) is 5.00 Å². The molecule has 0 saturated carbocycles. The average Bonchev–Trinajstić information content (AvgIpc) is 2.99. The molecule has 0 aliphatic heterocycles. The standard InChI is InChI=1S/C20H19N3O2S/c1-11-6-7-12-9-22-10-15(14(12)8-11)19(25)23-20-17(18(21)24)13-4-2-3-5-16(13)26-20/h6-10H,2-5H2,1H3,(H2,21,24)(H,23,25). The van der Waals surface area contributed by atoms with Gasteiger partial charge in [-0.05, 0) is 43.6 Å². The van der Waals surface area contributed by atoms with Crippen molar-refractivity contribution in [1.82, 2.24) is 4.98 Å². The number of nitrogens with two attached hydrogens (primary N) is 1. The fraction of sp³-hybridized carbons (Fsp3) is 0.250. The second-order valence-corrected chi connectivity index (χ2v) is 7.75. The Morgan fingerprint density at radius 3 is 2.81 bits per heavy atom. The summed E-state index contributed by atoms with van der Waals surface area (Å²) < 4.78 is 0. The lowest BCUT2D eigenvalue weighted by molar-refractivity contribution is 0.100. The Hall–Kier alpha value is -2.73. The van der Waals surface area contributed by atoms with Gasteiger partial charge in [0.25, 0.3) is 11.8 Å². The summed E-state index contributed by atoms with van der Waals surface area (Å²) in [5.74, 6) is -0.749. The Bertz CT molecular complexity index is 1040. The van der Waals surface area contributed by atoms with Crippen LogP contribution < -0.4 is 11.1 Å². The van der Waals surface area contributed by atoms with Gasteiger partial charge in [-0.2, -0.15) is 0 Å². The van der Waals surface area contributed by atoms with Gasteiger partial charge in [-0.25, -0.2) is 0 Å². The van der Waals surface area contributed by atoms with Crippen LogP contribution in [0.1, 0.15) is 49.6 Å². The molecule has 2 heterocycles. The van der Waals surface area contributed by atoms with Crippen LogP contribution in [0.2, 0.25) is 0 Å². The fourth-order valence-electron chi connectivity index (χ4n) is 3.54. The second-order valence-electron chi connectivity index (χ2n) is 6.65. The summed E-state index contributed by atoms with van der Waals surface area (Å²) in [7, 11) is 0. The summed E-state index contributed by atoms with van der Waals surface area (Å²) in [5, 5.41) is 5.22. The molecule has 0 atom stereocenters. The molecule has 3 N–H and O–H groups in total. The van der Waals surface area contributed by atoms with E-state index in [2.05, 4.69) is 10.3 Å². The SMILES string of the molecule is Cc1ccc2cncc(C(=O)Nc3sc4c(c3C(N)=O)CCCC4)c2c1. The fourth-order valence-corrected chi connectivity index (χ4v) is 4.83. The first-order chi connectivity index (χ1) is 12.5. The summed E-state index contributed by atoms with van der Waals surface area (Å²) in [5.41, 5.74) is 8.66. The Balaban J connectivity index is 1.75. The Morgan fingerprint density at radius 1 is 1.19 bits per heavy atom. The molecule has 2 aromatic heterocycles. The largest absolute Gasteiger partial charge is 0.365 e. The number of rotatable bonds is 3. The topological polar surface area (TPSA) is 85.1 Å². The Kier molecular flexibility index (Phi) is 4.20. The minimum Gasteiger partial charge on any atom is -0.365 e. The quantitative estimate of drug-likeness (QED) is 0.739. The predicted octanol–water partition coefficient (Wildman–Crippen LogP) is 3.83. The van der Waals surface area contributed by atoms with Crippen molar-refractivity contribution in [1.29, 1.82) is 0 Å². The number of aromatic nitrogens is 1. The van der Waals surface area contributed by atoms with E-state index >= 15 is 0 Å². The minimum atomic E-state index is -0.480. The van der Waals surface area contributed by atoms with E-state index in [1.807, 2.05) is 25.1 Å². The summed E-state index contributed by atoms with van der Waals surface area (Å²) in [6.45, 7) is 1.99. The lowest BCUT2D eigenvalue weighted by atomic mass is 9.95. The lowest BCUT2D eigenvalue weighted by Crippen LogP contribution is -2.18. The zero-order chi connectivity index (χ0) is 18.3. The molecule has 0 saturated heterocycles. The zero-order valence-electron chi connectivity index (χ0n) is 14.5. The summed E-state index contributed by atoms with van der Waals surface area (Å²) in [4.78, 5) is 30.3. The maximum absolute atomic E-state index is 12.9. The van der Waals surface area contributed by atoms with E-state index in [1.54, 1.807) is 12.4 Å². The van der Waals surface area contributed by atoms with Crippen LogP contribution in [0, 0.1) is 6.92 Å². The number of nitrogens with one attached hydrogen (secondary N) is 1. The molecule has 5 nitrogen and oxygen atoms in total. The lowest BCUT2D eigenvalue weighted by Gasteiger charge is -2.11. The third kappa shape index (κ3) is 2.86. The van der Waals surface area contributed by atoms with Crippen molar-refractivity contribution in [2.24, 2.45) is 5.73 Å². The maximum Gasteiger partial charge on any atom is 0.258 e. The first-order valence-electron chi connectivity index (χ1n) is 8.64. The molecule has 1 aliphatic carbocycles. The summed E-state index contributed by atoms with van der Waals surface area (Å²) >= 11 is 1.47. The normalized spacial score (nSPS) is 13.4. The molecule has 132 valence electrons. The maximum atomic E-state index is 12.9. The molecular weight excluding hydrogens is 346 g/mol. The highest BCUT2D eigenvalue weighted by Gasteiger charge is 2.25. The van der Waals surface area contributed by atoms with Crippen molar-refractivity contribution in [3.63, 3.8) is 0 Å². The van der Waals surface area contributed by atoms with Gasteiger partial charge in [-0.1, -0.05) is 23.8 Å². The molecule has 2 amide bonds. The number of thiophene rings is 1. The minimum absolute atomic E-state index is 0.269. The van der Waals surface area contributed by atoms with Crippen LogP contribution in [-0.2, 0) is 12.8 Å². The molecule has 0 unspecified atom stereocenters. The monoisotopic (exact) mass is 365 g/mol. The van der Waals surface area contributed by atoms with Crippen LogP contribution in [0.4, 0.5) is 5.00 Å². The summed E-state index contributed by atoms with van der Waals surface area (Å²) in [6.07, 6.45) is 7.23. The van der Waals surface area contributed by atoms with E-state index < -0.39 is 5.91 Å². The third-order valence-corrected chi connectivity index (χ3v) is 6.01.